The predicted molar refractivity (Wildman–Crippen MR) is 184 cm³/mol. The van der Waals surface area contributed by atoms with E-state index in [-0.39, 0.29) is 37.9 Å². The number of benzene rings is 3. The molecule has 2 heterocycles. The largest absolute Gasteiger partial charge is 0.497 e. The highest BCUT2D eigenvalue weighted by molar-refractivity contribution is 6.71. The first-order valence-electron chi connectivity index (χ1n) is 16.2. The number of hydrogen-bond acceptors (Lipinski definition) is 8. The Morgan fingerprint density at radius 3 is 2.44 bits per heavy atom. The fraction of sp³-hybridized carbons (Fsp3) is 0.417. The predicted octanol–water partition coefficient (Wildman–Crippen LogP) is 3.77. The summed E-state index contributed by atoms with van der Waals surface area (Å²) in [6, 6.07) is 22.0. The SMILES string of the molecule is COc1ccc2c(c1)[C@@]1(O[C@H](CC(=O)N(CCO)Cc3ccccc3)[C@@H]([Si](C)(C)O)[C@@H]1C)C(=O)N2Cc1cccc(NC(=O)[C@H](C)O)c1. The van der Waals surface area contributed by atoms with Crippen molar-refractivity contribution in [3.63, 3.8) is 0 Å². The van der Waals surface area contributed by atoms with Crippen molar-refractivity contribution in [2.45, 2.75) is 69.8 Å². The number of amides is 3. The molecule has 1 spiro atoms. The van der Waals surface area contributed by atoms with E-state index in [2.05, 4.69) is 5.32 Å². The van der Waals surface area contributed by atoms with Crippen LogP contribution in [-0.2, 0) is 37.8 Å². The van der Waals surface area contributed by atoms with Gasteiger partial charge in [0.25, 0.3) is 11.8 Å². The van der Waals surface area contributed by atoms with Crippen molar-refractivity contribution in [3.8, 4) is 5.75 Å². The summed E-state index contributed by atoms with van der Waals surface area (Å²) in [4.78, 5) is 55.7. The molecule has 0 saturated carbocycles. The Kier molecular flexibility index (Phi) is 10.4. The fourth-order valence-corrected chi connectivity index (χ4v) is 9.79. The van der Waals surface area contributed by atoms with Gasteiger partial charge in [-0.25, -0.2) is 0 Å². The number of carbonyl (C=O) groups excluding carboxylic acids is 3. The Balaban J connectivity index is 1.50. The lowest BCUT2D eigenvalue weighted by Crippen LogP contribution is -2.46. The van der Waals surface area contributed by atoms with Crippen LogP contribution < -0.4 is 15.0 Å². The van der Waals surface area contributed by atoms with Crippen LogP contribution in [0.15, 0.2) is 72.8 Å². The molecule has 5 rings (SSSR count). The highest BCUT2D eigenvalue weighted by Gasteiger charge is 2.66. The summed E-state index contributed by atoms with van der Waals surface area (Å²) in [5, 5.41) is 22.1. The average molecular weight is 676 g/mol. The van der Waals surface area contributed by atoms with Crippen LogP contribution in [0.5, 0.6) is 5.75 Å². The lowest BCUT2D eigenvalue weighted by atomic mass is 9.82. The number of nitrogens with zero attached hydrogens (tertiary/aromatic N) is 2. The molecule has 0 aromatic heterocycles. The van der Waals surface area contributed by atoms with Gasteiger partial charge in [0.1, 0.15) is 11.9 Å². The lowest BCUT2D eigenvalue weighted by Gasteiger charge is -2.32. The zero-order valence-electron chi connectivity index (χ0n) is 28.1. The summed E-state index contributed by atoms with van der Waals surface area (Å²) in [5.74, 6) is -1.06. The van der Waals surface area contributed by atoms with Crippen molar-refractivity contribution < 1.29 is 38.9 Å². The summed E-state index contributed by atoms with van der Waals surface area (Å²) in [5.41, 5.74) is 1.39. The highest BCUT2D eigenvalue weighted by Crippen LogP contribution is 2.60. The number of nitrogens with one attached hydrogen (secondary N) is 1. The van der Waals surface area contributed by atoms with E-state index in [0.717, 1.165) is 11.1 Å². The zero-order chi connectivity index (χ0) is 34.8. The van der Waals surface area contributed by atoms with E-state index in [1.165, 1.54) is 6.92 Å². The molecule has 4 N–H and O–H groups in total. The number of methoxy groups -OCH3 is 1. The molecule has 0 bridgehead atoms. The molecule has 3 aromatic carbocycles. The average Bonchev–Trinajstić information content (AvgIpc) is 3.47. The first-order valence-corrected chi connectivity index (χ1v) is 19.2. The molecule has 48 heavy (non-hydrogen) atoms. The first kappa shape index (κ1) is 35.2. The summed E-state index contributed by atoms with van der Waals surface area (Å²) in [7, 11) is -1.50. The van der Waals surface area contributed by atoms with Crippen LogP contribution in [-0.4, -0.2) is 78.4 Å². The highest BCUT2D eigenvalue weighted by atomic mass is 28.4. The minimum absolute atomic E-state index is 0.0712. The number of carbonyl (C=O) groups is 3. The van der Waals surface area contributed by atoms with Gasteiger partial charge in [-0.05, 0) is 61.5 Å². The molecule has 0 aliphatic carbocycles. The molecule has 3 aromatic rings. The van der Waals surface area contributed by atoms with Crippen molar-refractivity contribution >= 4 is 37.4 Å². The van der Waals surface area contributed by atoms with Gasteiger partial charge in [0, 0.05) is 35.8 Å². The fourth-order valence-electron chi connectivity index (χ4n) is 7.23. The number of aliphatic hydroxyl groups is 2. The third kappa shape index (κ3) is 6.89. The van der Waals surface area contributed by atoms with Crippen molar-refractivity contribution in [1.29, 1.82) is 0 Å². The minimum Gasteiger partial charge on any atom is -0.497 e. The Bertz CT molecular complexity index is 1650. The monoisotopic (exact) mass is 675 g/mol. The molecule has 0 radical (unpaired) electrons. The number of anilines is 2. The summed E-state index contributed by atoms with van der Waals surface area (Å²) in [6.45, 7) is 7.29. The maximum Gasteiger partial charge on any atom is 0.264 e. The van der Waals surface area contributed by atoms with Crippen molar-refractivity contribution in [2.24, 2.45) is 5.92 Å². The second-order valence-electron chi connectivity index (χ2n) is 13.2. The Morgan fingerprint density at radius 2 is 1.79 bits per heavy atom. The van der Waals surface area contributed by atoms with Crippen molar-refractivity contribution in [2.75, 3.05) is 30.5 Å². The number of ether oxygens (including phenoxy) is 2. The molecule has 2 aliphatic rings. The number of hydrogen-bond donors (Lipinski definition) is 4. The molecule has 0 unspecified atom stereocenters. The Hall–Kier alpha value is -4.07. The van der Waals surface area contributed by atoms with Crippen LogP contribution in [0.25, 0.3) is 0 Å². The van der Waals surface area contributed by atoms with Gasteiger partial charge in [0.2, 0.25) is 5.91 Å². The van der Waals surface area contributed by atoms with Gasteiger partial charge in [-0.2, -0.15) is 0 Å². The summed E-state index contributed by atoms with van der Waals surface area (Å²) in [6.07, 6.45) is -2.02. The molecule has 12 heteroatoms. The van der Waals surface area contributed by atoms with E-state index in [1.54, 1.807) is 60.3 Å². The molecule has 2 aliphatic heterocycles. The smallest absolute Gasteiger partial charge is 0.264 e. The van der Waals surface area contributed by atoms with E-state index in [9.17, 15) is 29.4 Å². The number of aliphatic hydroxyl groups excluding tert-OH is 2. The standard InChI is InChI=1S/C36H45N3O8Si/c1-23-33(48(4,5)45)31(20-32(42)38(16-17-40)21-25-10-7-6-8-11-25)47-36(23)29-19-28(46-3)14-15-30(29)39(35(36)44)22-26-12-9-13-27(18-26)37-34(43)24(2)41/h6-15,18-19,23-24,31,33,40-41,45H,16-17,20-22H2,1-5H3,(H,37,43)/t23-,24-,31+,33-,36+/m0/s1. The van der Waals surface area contributed by atoms with Crippen LogP contribution in [0.1, 0.15) is 37.0 Å². The second-order valence-corrected chi connectivity index (χ2v) is 17.2. The van der Waals surface area contributed by atoms with E-state index in [4.69, 9.17) is 9.47 Å². The quantitative estimate of drug-likeness (QED) is 0.212. The molecule has 5 atom stereocenters. The topological polar surface area (TPSA) is 149 Å². The third-order valence-corrected chi connectivity index (χ3v) is 11.9. The van der Waals surface area contributed by atoms with Crippen molar-refractivity contribution in [3.05, 3.63) is 89.5 Å². The van der Waals surface area contributed by atoms with E-state index >= 15 is 0 Å². The second kappa shape index (κ2) is 14.2. The van der Waals surface area contributed by atoms with Gasteiger partial charge in [0.05, 0.1) is 38.5 Å². The van der Waals surface area contributed by atoms with Crippen LogP contribution in [0.4, 0.5) is 11.4 Å². The van der Waals surface area contributed by atoms with Crippen molar-refractivity contribution in [1.82, 2.24) is 4.90 Å². The normalized spacial score (nSPS) is 22.5. The van der Waals surface area contributed by atoms with Gasteiger partial charge in [-0.3, -0.25) is 14.4 Å². The maximum absolute atomic E-state index is 14.8. The Labute approximate surface area is 282 Å². The van der Waals surface area contributed by atoms with Gasteiger partial charge in [0.15, 0.2) is 13.9 Å². The zero-order valence-corrected chi connectivity index (χ0v) is 29.1. The molecule has 1 fully saturated rings. The summed E-state index contributed by atoms with van der Waals surface area (Å²) < 4.78 is 12.4. The number of fused-ring (bicyclic) bond motifs is 2. The summed E-state index contributed by atoms with van der Waals surface area (Å²) >= 11 is 0. The molecule has 1 saturated heterocycles. The van der Waals surface area contributed by atoms with Crippen LogP contribution in [0.2, 0.25) is 18.6 Å². The lowest BCUT2D eigenvalue weighted by molar-refractivity contribution is -0.150. The van der Waals surface area contributed by atoms with Crippen LogP contribution >= 0.6 is 0 Å². The van der Waals surface area contributed by atoms with E-state index in [0.29, 0.717) is 29.2 Å². The molecule has 256 valence electrons. The van der Waals surface area contributed by atoms with E-state index in [1.807, 2.05) is 49.4 Å². The van der Waals surface area contributed by atoms with Gasteiger partial charge >= 0.3 is 0 Å². The minimum atomic E-state index is -3.05. The maximum atomic E-state index is 14.8. The molecular weight excluding hydrogens is 630 g/mol. The van der Waals surface area contributed by atoms with E-state index < -0.39 is 43.5 Å². The van der Waals surface area contributed by atoms with Crippen LogP contribution in [0.3, 0.4) is 0 Å². The van der Waals surface area contributed by atoms with Gasteiger partial charge < -0.3 is 39.6 Å². The molecule has 3 amide bonds. The van der Waals surface area contributed by atoms with Crippen LogP contribution in [0, 0.1) is 5.92 Å². The molecular formula is C36H45N3O8Si. The number of rotatable bonds is 12. The molecule has 11 nitrogen and oxygen atoms in total. The third-order valence-electron chi connectivity index (χ3n) is 9.42. The van der Waals surface area contributed by atoms with Gasteiger partial charge in [-0.15, -0.1) is 0 Å². The Morgan fingerprint density at radius 1 is 1.08 bits per heavy atom. The van der Waals surface area contributed by atoms with Gasteiger partial charge in [-0.1, -0.05) is 49.4 Å². The first-order chi connectivity index (χ1) is 22.8.